The summed E-state index contributed by atoms with van der Waals surface area (Å²) in [6.45, 7) is 0. The number of hydrogen-bond acceptors (Lipinski definition) is 2. The van der Waals surface area contributed by atoms with Gasteiger partial charge in [0, 0.05) is 4.47 Å². The van der Waals surface area contributed by atoms with E-state index in [0.29, 0.717) is 15.1 Å². The fraction of sp³-hybridized carbons (Fsp3) is 0.125. The van der Waals surface area contributed by atoms with Crippen molar-refractivity contribution in [3.05, 3.63) is 31.7 Å². The molecule has 1 aromatic rings. The first-order chi connectivity index (χ1) is 6.07. The maximum Gasteiger partial charge on any atom is 0.339 e. The van der Waals surface area contributed by atoms with E-state index in [4.69, 9.17) is 11.6 Å². The van der Waals surface area contributed by atoms with E-state index in [0.717, 1.165) is 4.47 Å². The predicted molar refractivity (Wildman–Crippen MR) is 58.2 cm³/mol. The maximum absolute atomic E-state index is 11.2. The molecule has 0 aliphatic rings. The zero-order chi connectivity index (χ0) is 10.0. The molecule has 2 nitrogen and oxygen atoms in total. The van der Waals surface area contributed by atoms with E-state index in [2.05, 4.69) is 36.6 Å². The Morgan fingerprint density at radius 3 is 2.62 bits per heavy atom. The number of benzene rings is 1. The molecule has 0 fully saturated rings. The lowest BCUT2D eigenvalue weighted by Crippen LogP contribution is -2.02. The Kier molecular flexibility index (Phi) is 3.76. The summed E-state index contributed by atoms with van der Waals surface area (Å²) in [5, 5.41) is 0.348. The smallest absolute Gasteiger partial charge is 0.339 e. The Morgan fingerprint density at radius 2 is 2.08 bits per heavy atom. The molecule has 0 aromatic heterocycles. The summed E-state index contributed by atoms with van der Waals surface area (Å²) in [6.07, 6.45) is 0. The van der Waals surface area contributed by atoms with E-state index in [1.165, 1.54) is 7.11 Å². The van der Waals surface area contributed by atoms with Crippen molar-refractivity contribution in [1.82, 2.24) is 0 Å². The van der Waals surface area contributed by atoms with Gasteiger partial charge in [0.25, 0.3) is 0 Å². The molecule has 1 aromatic carbocycles. The summed E-state index contributed by atoms with van der Waals surface area (Å²) in [7, 11) is 1.31. The summed E-state index contributed by atoms with van der Waals surface area (Å²) < 4.78 is 6.00. The van der Waals surface area contributed by atoms with Gasteiger partial charge in [-0.2, -0.15) is 0 Å². The van der Waals surface area contributed by atoms with Crippen LogP contribution in [0, 0.1) is 0 Å². The third-order valence-electron chi connectivity index (χ3n) is 1.44. The van der Waals surface area contributed by atoms with Crippen LogP contribution >= 0.6 is 43.5 Å². The van der Waals surface area contributed by atoms with Gasteiger partial charge in [-0.05, 0) is 44.0 Å². The zero-order valence-electron chi connectivity index (χ0n) is 6.61. The highest BCUT2D eigenvalue weighted by Crippen LogP contribution is 2.33. The maximum atomic E-state index is 11.2. The van der Waals surface area contributed by atoms with E-state index in [-0.39, 0.29) is 0 Å². The van der Waals surface area contributed by atoms with Crippen LogP contribution in [0.15, 0.2) is 21.1 Å². The van der Waals surface area contributed by atoms with Crippen molar-refractivity contribution in [3.8, 4) is 0 Å². The number of methoxy groups -OCH3 is 1. The minimum atomic E-state index is -0.446. The van der Waals surface area contributed by atoms with E-state index in [1.54, 1.807) is 12.1 Å². The van der Waals surface area contributed by atoms with Crippen molar-refractivity contribution in [2.45, 2.75) is 0 Å². The van der Waals surface area contributed by atoms with Gasteiger partial charge in [0.2, 0.25) is 0 Å². The molecule has 0 amide bonds. The predicted octanol–water partition coefficient (Wildman–Crippen LogP) is 3.65. The van der Waals surface area contributed by atoms with Gasteiger partial charge in [0.15, 0.2) is 0 Å². The fourth-order valence-electron chi connectivity index (χ4n) is 0.794. The average Bonchev–Trinajstić information content (AvgIpc) is 2.13. The van der Waals surface area contributed by atoms with Gasteiger partial charge in [-0.15, -0.1) is 0 Å². The van der Waals surface area contributed by atoms with Gasteiger partial charge in [-0.1, -0.05) is 11.6 Å². The van der Waals surface area contributed by atoms with Crippen LogP contribution in [0.5, 0.6) is 0 Å². The molecule has 5 heteroatoms. The molecular weight excluding hydrogens is 323 g/mol. The van der Waals surface area contributed by atoms with Gasteiger partial charge in [-0.3, -0.25) is 0 Å². The summed E-state index contributed by atoms with van der Waals surface area (Å²) in [4.78, 5) is 11.2. The van der Waals surface area contributed by atoms with Crippen LogP contribution in [-0.4, -0.2) is 13.1 Å². The molecular formula is C8H5Br2ClO2. The average molecular weight is 328 g/mol. The normalized spacial score (nSPS) is 9.85. The van der Waals surface area contributed by atoms with E-state index in [1.807, 2.05) is 0 Å². The van der Waals surface area contributed by atoms with Crippen LogP contribution in [0.25, 0.3) is 0 Å². The lowest BCUT2D eigenvalue weighted by molar-refractivity contribution is 0.0601. The molecule has 0 radical (unpaired) electrons. The molecule has 0 heterocycles. The van der Waals surface area contributed by atoms with Crippen LogP contribution < -0.4 is 0 Å². The number of carbonyl (C=O) groups is 1. The van der Waals surface area contributed by atoms with Crippen molar-refractivity contribution in [1.29, 1.82) is 0 Å². The van der Waals surface area contributed by atoms with Crippen LogP contribution in [-0.2, 0) is 4.74 Å². The van der Waals surface area contributed by atoms with Crippen molar-refractivity contribution < 1.29 is 9.53 Å². The molecule has 0 spiro atoms. The third-order valence-corrected chi connectivity index (χ3v) is 4.08. The molecule has 1 rings (SSSR count). The summed E-state index contributed by atoms with van der Waals surface area (Å²) >= 11 is 12.4. The Labute approximate surface area is 97.5 Å². The summed E-state index contributed by atoms with van der Waals surface area (Å²) in [5.41, 5.74) is 0.347. The SMILES string of the molecule is COC(=O)c1ccc(Br)c(Br)c1Cl. The van der Waals surface area contributed by atoms with Crippen molar-refractivity contribution >= 4 is 49.4 Å². The van der Waals surface area contributed by atoms with Gasteiger partial charge < -0.3 is 4.74 Å². The highest BCUT2D eigenvalue weighted by Gasteiger charge is 2.14. The van der Waals surface area contributed by atoms with Gasteiger partial charge >= 0.3 is 5.97 Å². The molecule has 0 saturated heterocycles. The first kappa shape index (κ1) is 11.0. The number of halogens is 3. The second-order valence-electron chi connectivity index (χ2n) is 2.21. The highest BCUT2D eigenvalue weighted by molar-refractivity contribution is 9.13. The number of carbonyl (C=O) groups excluding carboxylic acids is 1. The van der Waals surface area contributed by atoms with Crippen molar-refractivity contribution in [2.24, 2.45) is 0 Å². The quantitative estimate of drug-likeness (QED) is 0.581. The molecule has 0 aliphatic heterocycles. The fourth-order valence-corrected chi connectivity index (χ4v) is 1.83. The topological polar surface area (TPSA) is 26.3 Å². The standard InChI is InChI=1S/C8H5Br2ClO2/c1-13-8(12)4-2-3-5(9)6(10)7(4)11/h2-3H,1H3. The minimum Gasteiger partial charge on any atom is -0.465 e. The Hall–Kier alpha value is -0.0600. The molecule has 70 valence electrons. The Balaban J connectivity index is 3.26. The van der Waals surface area contributed by atoms with Crippen molar-refractivity contribution in [2.75, 3.05) is 7.11 Å². The van der Waals surface area contributed by atoms with Crippen LogP contribution in [0.1, 0.15) is 10.4 Å². The Bertz CT molecular complexity index is 352. The molecule has 13 heavy (non-hydrogen) atoms. The highest BCUT2D eigenvalue weighted by atomic mass is 79.9. The molecule has 0 saturated carbocycles. The third kappa shape index (κ3) is 2.24. The number of rotatable bonds is 1. The Morgan fingerprint density at radius 1 is 1.46 bits per heavy atom. The van der Waals surface area contributed by atoms with E-state index in [9.17, 15) is 4.79 Å². The van der Waals surface area contributed by atoms with Crippen LogP contribution in [0.2, 0.25) is 5.02 Å². The largest absolute Gasteiger partial charge is 0.465 e. The lowest BCUT2D eigenvalue weighted by Gasteiger charge is -2.04. The lowest BCUT2D eigenvalue weighted by atomic mass is 10.2. The zero-order valence-corrected chi connectivity index (χ0v) is 10.5. The molecule has 0 bridgehead atoms. The number of ether oxygens (including phenoxy) is 1. The van der Waals surface area contributed by atoms with E-state index < -0.39 is 5.97 Å². The second kappa shape index (κ2) is 4.44. The molecule has 0 atom stereocenters. The van der Waals surface area contributed by atoms with Crippen LogP contribution in [0.4, 0.5) is 0 Å². The first-order valence-electron chi connectivity index (χ1n) is 3.29. The van der Waals surface area contributed by atoms with Crippen LogP contribution in [0.3, 0.4) is 0 Å². The summed E-state index contributed by atoms with van der Waals surface area (Å²) in [6, 6.07) is 3.32. The van der Waals surface area contributed by atoms with E-state index >= 15 is 0 Å². The number of esters is 1. The molecule has 0 aliphatic carbocycles. The van der Waals surface area contributed by atoms with Crippen molar-refractivity contribution in [3.63, 3.8) is 0 Å². The first-order valence-corrected chi connectivity index (χ1v) is 5.26. The minimum absolute atomic E-state index is 0.347. The van der Waals surface area contributed by atoms with Gasteiger partial charge in [0.1, 0.15) is 0 Å². The molecule has 0 N–H and O–H groups in total. The number of hydrogen-bond donors (Lipinski definition) is 0. The summed E-state index contributed by atoms with van der Waals surface area (Å²) in [5.74, 6) is -0.446. The second-order valence-corrected chi connectivity index (χ2v) is 4.24. The molecule has 0 unspecified atom stereocenters. The van der Waals surface area contributed by atoms with Gasteiger partial charge in [-0.25, -0.2) is 4.79 Å². The monoisotopic (exact) mass is 326 g/mol. The van der Waals surface area contributed by atoms with Gasteiger partial charge in [0.05, 0.1) is 22.2 Å².